The van der Waals surface area contributed by atoms with Gasteiger partial charge in [-0.25, -0.2) is 0 Å². The summed E-state index contributed by atoms with van der Waals surface area (Å²) in [4.78, 5) is 2.85. The van der Waals surface area contributed by atoms with E-state index in [0.717, 1.165) is 6.42 Å². The van der Waals surface area contributed by atoms with Gasteiger partial charge in [-0.1, -0.05) is 13.8 Å². The number of rotatable bonds is 2. The fraction of sp³-hybridized carbons (Fsp3) is 0.800. The third-order valence-corrected chi connectivity index (χ3v) is 0.658. The lowest BCUT2D eigenvalue weighted by Gasteiger charge is -1.88. The van der Waals surface area contributed by atoms with E-state index in [4.69, 9.17) is 5.53 Å². The van der Waals surface area contributed by atoms with Crippen LogP contribution < -0.4 is 0 Å². The molecular weight excluding hydrogens is 88.1 g/mol. The van der Waals surface area contributed by atoms with Crippen molar-refractivity contribution in [3.63, 3.8) is 0 Å². The highest BCUT2D eigenvalue weighted by Gasteiger charge is 1.89. The molecule has 0 saturated heterocycles. The molecule has 0 radical (unpaired) electrons. The van der Waals surface area contributed by atoms with Crippen molar-refractivity contribution in [3.05, 3.63) is 5.53 Å². The van der Waals surface area contributed by atoms with E-state index in [0.29, 0.717) is 5.92 Å². The maximum atomic E-state index is 7.88. The molecule has 7 heavy (non-hydrogen) atoms. The number of nitrogens with zero attached hydrogens (tertiary/aromatic N) is 2. The molecule has 0 atom stereocenters. The third-order valence-electron chi connectivity index (χ3n) is 0.658. The topological polar surface area (TPSA) is 36.4 Å². The van der Waals surface area contributed by atoms with Crippen LogP contribution in [-0.2, 0) is 0 Å². The van der Waals surface area contributed by atoms with Crippen molar-refractivity contribution in [2.24, 2.45) is 5.92 Å². The van der Waals surface area contributed by atoms with Crippen molar-refractivity contribution < 1.29 is 4.79 Å². The first-order valence-corrected chi connectivity index (χ1v) is 2.43. The lowest BCUT2D eigenvalue weighted by Crippen LogP contribution is -1.86. The Labute approximate surface area is 43.8 Å². The fourth-order valence-electron chi connectivity index (χ4n) is 0.258. The highest BCUT2D eigenvalue weighted by molar-refractivity contribution is 5.50. The van der Waals surface area contributed by atoms with E-state index < -0.39 is 0 Å². The SMILES string of the molecule is CC(C)CC=[N+]=[N-]. The molecule has 0 fully saturated rings. The van der Waals surface area contributed by atoms with Crippen molar-refractivity contribution in [1.29, 1.82) is 0 Å². The molecule has 0 aliphatic heterocycles. The fourth-order valence-corrected chi connectivity index (χ4v) is 0.258. The van der Waals surface area contributed by atoms with Gasteiger partial charge in [-0.15, -0.1) is 0 Å². The zero-order chi connectivity index (χ0) is 5.70. The largest absolute Gasteiger partial charge is 0.362 e. The van der Waals surface area contributed by atoms with Gasteiger partial charge in [-0.05, 0) is 5.92 Å². The summed E-state index contributed by atoms with van der Waals surface area (Å²) in [5.74, 6) is 0.593. The third kappa shape index (κ3) is 5.38. The molecular formula is C5H10N2. The molecule has 0 heterocycles. The second-order valence-corrected chi connectivity index (χ2v) is 1.93. The standard InChI is InChI=1S/C5H10N2/c1-5(2)3-4-7-6/h4-5H,3H2,1-2H3. The van der Waals surface area contributed by atoms with Crippen LogP contribution in [0.25, 0.3) is 5.53 Å². The van der Waals surface area contributed by atoms with E-state index in [9.17, 15) is 0 Å². The summed E-state index contributed by atoms with van der Waals surface area (Å²) < 4.78 is 0. The summed E-state index contributed by atoms with van der Waals surface area (Å²) >= 11 is 0. The molecule has 0 rings (SSSR count). The molecule has 0 aromatic heterocycles. The Balaban J connectivity index is 3.13. The van der Waals surface area contributed by atoms with E-state index in [-0.39, 0.29) is 0 Å². The zero-order valence-corrected chi connectivity index (χ0v) is 4.76. The van der Waals surface area contributed by atoms with Crippen LogP contribution in [0.4, 0.5) is 0 Å². The second-order valence-electron chi connectivity index (χ2n) is 1.93. The Kier molecular flexibility index (Phi) is 3.25. The summed E-state index contributed by atoms with van der Waals surface area (Å²) in [6.07, 6.45) is 2.36. The first-order chi connectivity index (χ1) is 3.27. The summed E-state index contributed by atoms with van der Waals surface area (Å²) in [7, 11) is 0. The average Bonchev–Trinajstić information content (AvgIpc) is 1.61. The molecule has 0 saturated carbocycles. The minimum atomic E-state index is 0.593. The van der Waals surface area contributed by atoms with Gasteiger partial charge >= 0.3 is 0 Å². The highest BCUT2D eigenvalue weighted by atomic mass is 14.8. The minimum absolute atomic E-state index is 0.593. The Bertz CT molecular complexity index is 80.1. The second kappa shape index (κ2) is 3.57. The number of hydrogen-bond donors (Lipinski definition) is 0. The van der Waals surface area contributed by atoms with Crippen LogP contribution >= 0.6 is 0 Å². The molecule has 0 N–H and O–H groups in total. The van der Waals surface area contributed by atoms with Gasteiger partial charge in [0, 0.05) is 6.42 Å². The van der Waals surface area contributed by atoms with Crippen LogP contribution in [0.15, 0.2) is 0 Å². The molecule has 0 aliphatic carbocycles. The number of hydrogen-bond acceptors (Lipinski definition) is 0. The van der Waals surface area contributed by atoms with Gasteiger partial charge < -0.3 is 5.53 Å². The summed E-state index contributed by atoms with van der Waals surface area (Å²) in [5, 5.41) is 0. The molecule has 0 spiro atoms. The van der Waals surface area contributed by atoms with Gasteiger partial charge in [-0.3, -0.25) is 0 Å². The van der Waals surface area contributed by atoms with Crippen molar-refractivity contribution in [1.82, 2.24) is 0 Å². The molecule has 40 valence electrons. The van der Waals surface area contributed by atoms with Crippen LogP contribution in [0, 0.1) is 5.92 Å². The molecule has 0 unspecified atom stereocenters. The van der Waals surface area contributed by atoms with E-state index in [1.807, 2.05) is 0 Å². The quantitative estimate of drug-likeness (QED) is 0.284. The van der Waals surface area contributed by atoms with E-state index in [2.05, 4.69) is 18.6 Å². The van der Waals surface area contributed by atoms with Crippen LogP contribution in [0.5, 0.6) is 0 Å². The molecule has 0 aromatic carbocycles. The monoisotopic (exact) mass is 98.1 g/mol. The lowest BCUT2D eigenvalue weighted by atomic mass is 10.2. The molecule has 0 aliphatic rings. The smallest absolute Gasteiger partial charge is 0.257 e. The highest BCUT2D eigenvalue weighted by Crippen LogP contribution is 1.92. The van der Waals surface area contributed by atoms with Crippen LogP contribution in [0.3, 0.4) is 0 Å². The minimum Gasteiger partial charge on any atom is -0.362 e. The van der Waals surface area contributed by atoms with E-state index in [1.54, 1.807) is 0 Å². The zero-order valence-electron chi connectivity index (χ0n) is 4.76. The van der Waals surface area contributed by atoms with E-state index >= 15 is 0 Å². The Morgan fingerprint density at radius 3 is 2.43 bits per heavy atom. The van der Waals surface area contributed by atoms with Crippen LogP contribution in [0.2, 0.25) is 0 Å². The van der Waals surface area contributed by atoms with Gasteiger partial charge in [0.05, 0.1) is 0 Å². The predicted molar refractivity (Wildman–Crippen MR) is 29.1 cm³/mol. The molecule has 0 amide bonds. The Morgan fingerprint density at radius 1 is 1.71 bits per heavy atom. The average molecular weight is 98.1 g/mol. The predicted octanol–water partition coefficient (Wildman–Crippen LogP) is 1.33. The Morgan fingerprint density at radius 2 is 2.29 bits per heavy atom. The van der Waals surface area contributed by atoms with Crippen molar-refractivity contribution in [2.45, 2.75) is 20.3 Å². The van der Waals surface area contributed by atoms with Gasteiger partial charge in [0.15, 0.2) is 0 Å². The van der Waals surface area contributed by atoms with Crippen molar-refractivity contribution >= 4 is 6.21 Å². The maximum absolute atomic E-state index is 7.88. The van der Waals surface area contributed by atoms with Crippen LogP contribution in [0.1, 0.15) is 20.3 Å². The van der Waals surface area contributed by atoms with Gasteiger partial charge in [-0.2, -0.15) is 4.79 Å². The molecule has 0 aromatic rings. The summed E-state index contributed by atoms with van der Waals surface area (Å²) in [6, 6.07) is 0. The summed E-state index contributed by atoms with van der Waals surface area (Å²) in [5.41, 5.74) is 7.88. The van der Waals surface area contributed by atoms with Crippen LogP contribution in [-0.4, -0.2) is 11.0 Å². The maximum Gasteiger partial charge on any atom is 0.257 e. The first-order valence-electron chi connectivity index (χ1n) is 2.43. The first kappa shape index (κ1) is 6.38. The van der Waals surface area contributed by atoms with Crippen molar-refractivity contribution in [3.8, 4) is 0 Å². The molecule has 2 heteroatoms. The summed E-state index contributed by atoms with van der Waals surface area (Å²) in [6.45, 7) is 4.14. The van der Waals surface area contributed by atoms with Gasteiger partial charge in [0.1, 0.15) is 0 Å². The van der Waals surface area contributed by atoms with Gasteiger partial charge in [0.25, 0.3) is 6.21 Å². The van der Waals surface area contributed by atoms with E-state index in [1.165, 1.54) is 6.21 Å². The molecule has 2 nitrogen and oxygen atoms in total. The van der Waals surface area contributed by atoms with Crippen molar-refractivity contribution in [2.75, 3.05) is 0 Å². The molecule has 0 bridgehead atoms. The lowest BCUT2D eigenvalue weighted by molar-refractivity contribution is 0.0000794. The van der Waals surface area contributed by atoms with Gasteiger partial charge in [0.2, 0.25) is 0 Å². The Hall–Kier alpha value is -0.620. The normalized spacial score (nSPS) is 8.43.